The Morgan fingerprint density at radius 1 is 0.844 bits per heavy atom. The zero-order chi connectivity index (χ0) is 31.0. The van der Waals surface area contributed by atoms with Crippen LogP contribution >= 0.6 is 0 Å². The number of nitriles is 1. The highest BCUT2D eigenvalue weighted by atomic mass is 16.5. The number of aromatic nitrogens is 2. The largest absolute Gasteiger partial charge is 0.378 e. The first-order chi connectivity index (χ1) is 22.1. The Balaban J connectivity index is 1.32. The van der Waals surface area contributed by atoms with Crippen molar-refractivity contribution in [1.82, 2.24) is 9.97 Å². The van der Waals surface area contributed by atoms with E-state index in [0.717, 1.165) is 62.1 Å². The van der Waals surface area contributed by atoms with Gasteiger partial charge in [0.25, 0.3) is 0 Å². The summed E-state index contributed by atoms with van der Waals surface area (Å²) in [5, 5.41) is 19.2. The van der Waals surface area contributed by atoms with Crippen LogP contribution < -0.4 is 25.8 Å². The molecule has 2 fully saturated rings. The van der Waals surface area contributed by atoms with Crippen LogP contribution in [-0.4, -0.2) is 68.5 Å². The van der Waals surface area contributed by atoms with Crippen molar-refractivity contribution < 1.29 is 14.3 Å². The van der Waals surface area contributed by atoms with E-state index in [1.807, 2.05) is 24.3 Å². The predicted molar refractivity (Wildman–Crippen MR) is 177 cm³/mol. The lowest BCUT2D eigenvalue weighted by Gasteiger charge is -2.29. The summed E-state index contributed by atoms with van der Waals surface area (Å²) in [5.41, 5.74) is 6.58. The van der Waals surface area contributed by atoms with Crippen molar-refractivity contribution in [3.05, 3.63) is 91.1 Å². The molecule has 1 aromatic heterocycles. The fourth-order valence-electron chi connectivity index (χ4n) is 5.29. The van der Waals surface area contributed by atoms with E-state index in [0.29, 0.717) is 47.4 Å². The van der Waals surface area contributed by atoms with Crippen LogP contribution in [0.4, 0.5) is 40.1 Å². The second-order valence-electron chi connectivity index (χ2n) is 10.6. The van der Waals surface area contributed by atoms with Crippen LogP contribution in [0, 0.1) is 11.3 Å². The molecule has 0 aliphatic carbocycles. The zero-order valence-electron chi connectivity index (χ0n) is 24.8. The minimum atomic E-state index is -0.410. The summed E-state index contributed by atoms with van der Waals surface area (Å²) in [6.07, 6.45) is 2.89. The Hall–Kier alpha value is -5.44. The fraction of sp³-hybridized carbons (Fsp3) is 0.235. The molecular formula is C34H34N8O3. The van der Waals surface area contributed by atoms with Crippen LogP contribution in [0.3, 0.4) is 0 Å². The molecule has 3 N–H and O–H groups in total. The van der Waals surface area contributed by atoms with Crippen LogP contribution in [0.15, 0.2) is 85.6 Å². The second kappa shape index (κ2) is 13.9. The molecule has 2 saturated heterocycles. The number of benzene rings is 3. The molecule has 0 spiro atoms. The minimum absolute atomic E-state index is 0.328. The normalized spacial score (nSPS) is 14.7. The van der Waals surface area contributed by atoms with Gasteiger partial charge in [-0.15, -0.1) is 0 Å². The number of morpholine rings is 2. The van der Waals surface area contributed by atoms with Gasteiger partial charge >= 0.3 is 0 Å². The van der Waals surface area contributed by atoms with Crippen molar-refractivity contribution in [2.45, 2.75) is 0 Å². The number of nitrogens with one attached hydrogen (secondary N) is 3. The first kappa shape index (κ1) is 29.6. The summed E-state index contributed by atoms with van der Waals surface area (Å²) >= 11 is 0. The molecule has 0 saturated carbocycles. The van der Waals surface area contributed by atoms with Gasteiger partial charge in [0, 0.05) is 54.5 Å². The second-order valence-corrected chi connectivity index (χ2v) is 10.6. The van der Waals surface area contributed by atoms with Gasteiger partial charge in [0.05, 0.1) is 55.3 Å². The maximum absolute atomic E-state index is 12.1. The number of rotatable bonds is 9. The van der Waals surface area contributed by atoms with Crippen LogP contribution in [0.2, 0.25) is 0 Å². The molecule has 6 rings (SSSR count). The molecule has 3 aromatic carbocycles. The quantitative estimate of drug-likeness (QED) is 0.217. The maximum atomic E-state index is 12.1. The predicted octanol–water partition coefficient (Wildman–Crippen LogP) is 5.30. The molecule has 2 aliphatic heterocycles. The lowest BCUT2D eigenvalue weighted by Crippen LogP contribution is -2.36. The van der Waals surface area contributed by atoms with Gasteiger partial charge in [-0.25, -0.2) is 9.97 Å². The maximum Gasteiger partial charge on any atom is 0.247 e. The summed E-state index contributed by atoms with van der Waals surface area (Å²) in [4.78, 5) is 26.3. The van der Waals surface area contributed by atoms with E-state index < -0.39 is 5.91 Å². The number of carbonyl (C=O) groups is 1. The monoisotopic (exact) mass is 602 g/mol. The van der Waals surface area contributed by atoms with E-state index >= 15 is 0 Å². The fourth-order valence-corrected chi connectivity index (χ4v) is 5.29. The topological polar surface area (TPSA) is 128 Å². The SMILES string of the molecule is C=CC(=O)Nc1cc(-c2nc(Nc3cccc(N4CCOCC4)c3)ncc2Nc2ccc(N3CCOCC3)cc2)ccc1C#N. The highest BCUT2D eigenvalue weighted by Crippen LogP contribution is 2.33. The van der Waals surface area contributed by atoms with E-state index in [2.05, 4.69) is 67.6 Å². The highest BCUT2D eigenvalue weighted by Gasteiger charge is 2.16. The third-order valence-electron chi connectivity index (χ3n) is 7.65. The number of nitrogens with zero attached hydrogens (tertiary/aromatic N) is 5. The van der Waals surface area contributed by atoms with Crippen LogP contribution in [0.5, 0.6) is 0 Å². The third-order valence-corrected chi connectivity index (χ3v) is 7.65. The molecule has 0 bridgehead atoms. The molecule has 4 aromatic rings. The standard InChI is InChI=1S/C34H34N8O3/c1-2-32(43)39-30-20-24(6-7-25(30)22-35)33-31(37-26-8-10-28(11-9-26)41-12-16-44-17-13-41)23-36-34(40-33)38-27-4-3-5-29(21-27)42-14-18-45-19-15-42/h2-11,20-21,23,37H,1,12-19H2,(H,39,43)(H,36,38,40). The van der Waals surface area contributed by atoms with Crippen LogP contribution in [-0.2, 0) is 14.3 Å². The molecule has 1 amide bonds. The average Bonchev–Trinajstić information content (AvgIpc) is 3.10. The zero-order valence-corrected chi connectivity index (χ0v) is 24.8. The number of ether oxygens (including phenoxy) is 2. The van der Waals surface area contributed by atoms with Gasteiger partial charge < -0.3 is 35.2 Å². The van der Waals surface area contributed by atoms with Crippen molar-refractivity contribution in [3.8, 4) is 17.3 Å². The Labute approximate surface area is 262 Å². The summed E-state index contributed by atoms with van der Waals surface area (Å²) in [6.45, 7) is 9.76. The first-order valence-corrected chi connectivity index (χ1v) is 14.8. The molecule has 11 nitrogen and oxygen atoms in total. The third kappa shape index (κ3) is 7.21. The molecule has 228 valence electrons. The van der Waals surface area contributed by atoms with Gasteiger partial charge in [-0.05, 0) is 60.7 Å². The summed E-state index contributed by atoms with van der Waals surface area (Å²) in [6, 6.07) is 23.7. The number of anilines is 7. The molecule has 45 heavy (non-hydrogen) atoms. The van der Waals surface area contributed by atoms with Gasteiger partial charge in [0.1, 0.15) is 6.07 Å². The summed E-state index contributed by atoms with van der Waals surface area (Å²) < 4.78 is 11.0. The van der Waals surface area contributed by atoms with Crippen molar-refractivity contribution in [2.75, 3.05) is 78.4 Å². The molecule has 0 unspecified atom stereocenters. The van der Waals surface area contributed by atoms with Crippen molar-refractivity contribution >= 4 is 46.0 Å². The minimum Gasteiger partial charge on any atom is -0.378 e. The molecule has 0 atom stereocenters. The number of carbonyl (C=O) groups excluding carboxylic acids is 1. The smallest absolute Gasteiger partial charge is 0.247 e. The van der Waals surface area contributed by atoms with E-state index in [1.54, 1.807) is 24.4 Å². The van der Waals surface area contributed by atoms with Gasteiger partial charge in [-0.2, -0.15) is 5.26 Å². The van der Waals surface area contributed by atoms with Gasteiger partial charge in [-0.1, -0.05) is 18.7 Å². The van der Waals surface area contributed by atoms with Gasteiger partial charge in [0.2, 0.25) is 11.9 Å². The number of hydrogen-bond donors (Lipinski definition) is 3. The van der Waals surface area contributed by atoms with E-state index in [9.17, 15) is 10.1 Å². The van der Waals surface area contributed by atoms with E-state index in [4.69, 9.17) is 14.5 Å². The molecule has 11 heteroatoms. The van der Waals surface area contributed by atoms with Crippen LogP contribution in [0.1, 0.15) is 5.56 Å². The Kier molecular flexibility index (Phi) is 9.15. The van der Waals surface area contributed by atoms with Crippen LogP contribution in [0.25, 0.3) is 11.3 Å². The van der Waals surface area contributed by atoms with E-state index in [-0.39, 0.29) is 0 Å². The Morgan fingerprint density at radius 2 is 1.56 bits per heavy atom. The molecular weight excluding hydrogens is 568 g/mol. The van der Waals surface area contributed by atoms with Gasteiger partial charge in [0.15, 0.2) is 0 Å². The lowest BCUT2D eigenvalue weighted by atomic mass is 10.1. The number of hydrogen-bond acceptors (Lipinski definition) is 10. The Bertz CT molecular complexity index is 1710. The van der Waals surface area contributed by atoms with Gasteiger partial charge in [-0.3, -0.25) is 4.79 Å². The Morgan fingerprint density at radius 3 is 2.24 bits per heavy atom. The number of amides is 1. The van der Waals surface area contributed by atoms with E-state index in [1.165, 1.54) is 6.08 Å². The molecule has 3 heterocycles. The van der Waals surface area contributed by atoms with Crippen molar-refractivity contribution in [1.29, 1.82) is 5.26 Å². The summed E-state index contributed by atoms with van der Waals surface area (Å²) in [5.74, 6) is -0.00840. The summed E-state index contributed by atoms with van der Waals surface area (Å²) in [7, 11) is 0. The molecule has 2 aliphatic rings. The lowest BCUT2D eigenvalue weighted by molar-refractivity contribution is -0.111. The van der Waals surface area contributed by atoms with Crippen molar-refractivity contribution in [2.24, 2.45) is 0 Å². The molecule has 0 radical (unpaired) electrons. The first-order valence-electron chi connectivity index (χ1n) is 14.8. The van der Waals surface area contributed by atoms with Crippen molar-refractivity contribution in [3.63, 3.8) is 0 Å². The highest BCUT2D eigenvalue weighted by molar-refractivity contribution is 6.00. The average molecular weight is 603 g/mol.